The second-order valence-electron chi connectivity index (χ2n) is 3.93. The molecular formula is C12H17N7. The van der Waals surface area contributed by atoms with E-state index >= 15 is 0 Å². The van der Waals surface area contributed by atoms with Gasteiger partial charge in [0.15, 0.2) is 0 Å². The van der Waals surface area contributed by atoms with E-state index in [1.54, 1.807) is 6.21 Å². The molecule has 0 atom stereocenters. The first kappa shape index (κ1) is 13.0. The van der Waals surface area contributed by atoms with Crippen molar-refractivity contribution in [2.75, 3.05) is 23.7 Å². The van der Waals surface area contributed by atoms with Crippen molar-refractivity contribution < 1.29 is 0 Å². The summed E-state index contributed by atoms with van der Waals surface area (Å²) in [6, 6.07) is 8.13. The standard InChI is InChI=1S/C12H17N7/c1-3-18(4-2)11-7-5-10(6-8-11)9-14-19-12(13)15-16-17-19/h5-9H,3-4H2,1-2H3,(H2,13,15,17)/b14-9-. The molecule has 7 nitrogen and oxygen atoms in total. The molecule has 0 aliphatic rings. The van der Waals surface area contributed by atoms with Gasteiger partial charge in [0.2, 0.25) is 0 Å². The highest BCUT2D eigenvalue weighted by molar-refractivity contribution is 5.80. The molecule has 19 heavy (non-hydrogen) atoms. The first-order chi connectivity index (χ1) is 9.24. The lowest BCUT2D eigenvalue weighted by molar-refractivity contribution is 0.699. The van der Waals surface area contributed by atoms with Crippen molar-refractivity contribution >= 4 is 17.9 Å². The quantitative estimate of drug-likeness (QED) is 0.809. The van der Waals surface area contributed by atoms with Gasteiger partial charge in [0.05, 0.1) is 6.21 Å². The molecular weight excluding hydrogens is 242 g/mol. The maximum absolute atomic E-state index is 5.51. The molecule has 0 saturated heterocycles. The van der Waals surface area contributed by atoms with Crippen LogP contribution in [0.4, 0.5) is 11.6 Å². The minimum atomic E-state index is 0.163. The van der Waals surface area contributed by atoms with Crippen LogP contribution >= 0.6 is 0 Å². The van der Waals surface area contributed by atoms with Gasteiger partial charge in [0.25, 0.3) is 5.95 Å². The third-order valence-electron chi connectivity index (χ3n) is 2.81. The van der Waals surface area contributed by atoms with E-state index in [1.807, 2.05) is 12.1 Å². The van der Waals surface area contributed by atoms with Gasteiger partial charge in [0.1, 0.15) is 0 Å². The number of nitrogens with two attached hydrogens (primary N) is 1. The van der Waals surface area contributed by atoms with Crippen molar-refractivity contribution in [2.45, 2.75) is 13.8 Å². The van der Waals surface area contributed by atoms with Crippen molar-refractivity contribution in [3.63, 3.8) is 0 Å². The zero-order valence-electron chi connectivity index (χ0n) is 11.1. The second kappa shape index (κ2) is 5.94. The highest BCUT2D eigenvalue weighted by Gasteiger charge is 2.01. The molecule has 0 bridgehead atoms. The van der Waals surface area contributed by atoms with Crippen LogP contribution in [0.15, 0.2) is 29.4 Å². The van der Waals surface area contributed by atoms with Gasteiger partial charge in [-0.2, -0.15) is 5.10 Å². The summed E-state index contributed by atoms with van der Waals surface area (Å²) < 4.78 is 0. The number of nitrogen functional groups attached to an aromatic ring is 1. The van der Waals surface area contributed by atoms with E-state index in [0.717, 1.165) is 18.7 Å². The topological polar surface area (TPSA) is 85.2 Å². The fraction of sp³-hybridized carbons (Fsp3) is 0.333. The Morgan fingerprint density at radius 3 is 2.47 bits per heavy atom. The molecule has 1 heterocycles. The lowest BCUT2D eigenvalue weighted by Gasteiger charge is -2.20. The van der Waals surface area contributed by atoms with Gasteiger partial charge in [0, 0.05) is 18.8 Å². The first-order valence-corrected chi connectivity index (χ1v) is 6.17. The molecule has 0 aliphatic carbocycles. The Morgan fingerprint density at radius 1 is 1.26 bits per heavy atom. The SMILES string of the molecule is CCN(CC)c1ccc(/C=N\n2nnnc2N)cc1. The molecule has 7 heteroatoms. The zero-order chi connectivity index (χ0) is 13.7. The predicted octanol–water partition coefficient (Wildman–Crippen LogP) is 0.984. The summed E-state index contributed by atoms with van der Waals surface area (Å²) in [5, 5.41) is 14.7. The number of tetrazole rings is 1. The smallest absolute Gasteiger partial charge is 0.263 e. The highest BCUT2D eigenvalue weighted by atomic mass is 15.7. The van der Waals surface area contributed by atoms with E-state index in [-0.39, 0.29) is 5.95 Å². The molecule has 0 aliphatic heterocycles. The molecule has 0 unspecified atom stereocenters. The van der Waals surface area contributed by atoms with E-state index in [2.05, 4.69) is 51.5 Å². The van der Waals surface area contributed by atoms with E-state index in [1.165, 1.54) is 10.5 Å². The third kappa shape index (κ3) is 3.06. The van der Waals surface area contributed by atoms with Crippen molar-refractivity contribution in [2.24, 2.45) is 5.10 Å². The van der Waals surface area contributed by atoms with Crippen LogP contribution in [0.3, 0.4) is 0 Å². The third-order valence-corrected chi connectivity index (χ3v) is 2.81. The fourth-order valence-electron chi connectivity index (χ4n) is 1.75. The Kier molecular flexibility index (Phi) is 4.07. The number of hydrogen-bond donors (Lipinski definition) is 1. The monoisotopic (exact) mass is 259 g/mol. The van der Waals surface area contributed by atoms with Crippen LogP contribution in [0.2, 0.25) is 0 Å². The molecule has 0 spiro atoms. The Labute approximate surface area is 111 Å². The van der Waals surface area contributed by atoms with E-state index in [4.69, 9.17) is 5.73 Å². The summed E-state index contributed by atoms with van der Waals surface area (Å²) >= 11 is 0. The molecule has 0 fully saturated rings. The molecule has 0 saturated carbocycles. The maximum Gasteiger partial charge on any atom is 0.263 e. The Morgan fingerprint density at radius 2 is 1.95 bits per heavy atom. The second-order valence-corrected chi connectivity index (χ2v) is 3.93. The molecule has 2 rings (SSSR count). The van der Waals surface area contributed by atoms with Gasteiger partial charge in [-0.3, -0.25) is 0 Å². The summed E-state index contributed by atoms with van der Waals surface area (Å²) in [6.07, 6.45) is 1.67. The van der Waals surface area contributed by atoms with Gasteiger partial charge in [-0.05, 0) is 42.0 Å². The summed E-state index contributed by atoms with van der Waals surface area (Å²) in [4.78, 5) is 3.46. The minimum absolute atomic E-state index is 0.163. The first-order valence-electron chi connectivity index (χ1n) is 6.17. The van der Waals surface area contributed by atoms with Crippen LogP contribution in [0.5, 0.6) is 0 Å². The van der Waals surface area contributed by atoms with E-state index < -0.39 is 0 Å². The van der Waals surface area contributed by atoms with Crippen molar-refractivity contribution in [1.29, 1.82) is 0 Å². The van der Waals surface area contributed by atoms with Crippen LogP contribution < -0.4 is 10.6 Å². The highest BCUT2D eigenvalue weighted by Crippen LogP contribution is 2.14. The summed E-state index contributed by atoms with van der Waals surface area (Å²) in [5.74, 6) is 0.163. The molecule has 100 valence electrons. The number of anilines is 2. The summed E-state index contributed by atoms with van der Waals surface area (Å²) in [6.45, 7) is 6.26. The van der Waals surface area contributed by atoms with Gasteiger partial charge < -0.3 is 10.6 Å². The maximum atomic E-state index is 5.51. The summed E-state index contributed by atoms with van der Waals surface area (Å²) in [7, 11) is 0. The van der Waals surface area contributed by atoms with Gasteiger partial charge in [-0.15, -0.1) is 0 Å². The lowest BCUT2D eigenvalue weighted by atomic mass is 10.2. The van der Waals surface area contributed by atoms with Crippen molar-refractivity contribution in [1.82, 2.24) is 20.3 Å². The number of aromatic nitrogens is 4. The van der Waals surface area contributed by atoms with E-state index in [0.29, 0.717) is 0 Å². The molecule has 1 aromatic heterocycles. The van der Waals surface area contributed by atoms with Crippen LogP contribution in [-0.4, -0.2) is 39.6 Å². The van der Waals surface area contributed by atoms with E-state index in [9.17, 15) is 0 Å². The van der Waals surface area contributed by atoms with Crippen molar-refractivity contribution in [3.8, 4) is 0 Å². The molecule has 2 aromatic rings. The largest absolute Gasteiger partial charge is 0.372 e. The Balaban J connectivity index is 2.11. The van der Waals surface area contributed by atoms with Crippen LogP contribution in [0, 0.1) is 0 Å². The Bertz CT molecular complexity index is 539. The Hall–Kier alpha value is -2.44. The fourth-order valence-corrected chi connectivity index (χ4v) is 1.75. The van der Waals surface area contributed by atoms with Gasteiger partial charge in [-0.1, -0.05) is 22.0 Å². The van der Waals surface area contributed by atoms with Crippen molar-refractivity contribution in [3.05, 3.63) is 29.8 Å². The average molecular weight is 259 g/mol. The summed E-state index contributed by atoms with van der Waals surface area (Å²) in [5.41, 5.74) is 7.67. The molecule has 0 radical (unpaired) electrons. The lowest BCUT2D eigenvalue weighted by Crippen LogP contribution is -2.21. The van der Waals surface area contributed by atoms with Crippen LogP contribution in [0.25, 0.3) is 0 Å². The number of hydrogen-bond acceptors (Lipinski definition) is 6. The van der Waals surface area contributed by atoms with Gasteiger partial charge >= 0.3 is 0 Å². The normalized spacial score (nSPS) is 11.1. The van der Waals surface area contributed by atoms with Crippen LogP contribution in [0.1, 0.15) is 19.4 Å². The number of nitrogens with zero attached hydrogens (tertiary/aromatic N) is 6. The average Bonchev–Trinajstić information content (AvgIpc) is 2.85. The zero-order valence-corrected chi connectivity index (χ0v) is 11.1. The molecule has 1 aromatic carbocycles. The molecule has 2 N–H and O–H groups in total. The molecule has 0 amide bonds. The minimum Gasteiger partial charge on any atom is -0.372 e. The predicted molar refractivity (Wildman–Crippen MR) is 75.2 cm³/mol. The number of benzene rings is 1. The number of rotatable bonds is 5. The van der Waals surface area contributed by atoms with Gasteiger partial charge in [-0.25, -0.2) is 0 Å². The van der Waals surface area contributed by atoms with Crippen LogP contribution in [-0.2, 0) is 0 Å².